The average molecular weight is 184 g/mol. The van der Waals surface area contributed by atoms with Crippen molar-refractivity contribution in [3.05, 3.63) is 46.8 Å². The van der Waals surface area contributed by atoms with E-state index in [4.69, 9.17) is 0 Å². The summed E-state index contributed by atoms with van der Waals surface area (Å²) in [6, 6.07) is 8.27. The number of hydrogen-bond acceptors (Lipinski definition) is 0. The van der Waals surface area contributed by atoms with Gasteiger partial charge in [0.1, 0.15) is 0 Å². The Morgan fingerprint density at radius 1 is 0.750 bits per heavy atom. The zero-order valence-corrected chi connectivity index (χ0v) is 8.62. The summed E-state index contributed by atoms with van der Waals surface area (Å²) in [4.78, 5) is 0. The second-order valence-electron chi connectivity index (χ2n) is 2.33. The second kappa shape index (κ2) is 4.90. The smallest absolute Gasteiger partial charge is 0.0601 e. The largest absolute Gasteiger partial charge is 0.101 e. The zero-order chi connectivity index (χ0) is 8.81. The SMILES string of the molecule is [Si]C=Cc1ccc(C=C[Si])cc1. The van der Waals surface area contributed by atoms with Gasteiger partial charge in [-0.2, -0.15) is 0 Å². The molecule has 1 rings (SSSR count). The molecule has 0 fully saturated rings. The van der Waals surface area contributed by atoms with Gasteiger partial charge in [-0.15, -0.1) is 11.4 Å². The van der Waals surface area contributed by atoms with E-state index in [0.717, 1.165) is 0 Å². The third kappa shape index (κ3) is 2.64. The van der Waals surface area contributed by atoms with Crippen LogP contribution in [0.5, 0.6) is 0 Å². The molecule has 0 unspecified atom stereocenters. The highest BCUT2D eigenvalue weighted by molar-refractivity contribution is 6.19. The maximum Gasteiger partial charge on any atom is 0.0601 e. The molecule has 0 aliphatic carbocycles. The van der Waals surface area contributed by atoms with Crippen LogP contribution < -0.4 is 0 Å². The molecular formula is C10H8Si2. The molecule has 0 aliphatic rings. The maximum absolute atomic E-state index is 3.28. The van der Waals surface area contributed by atoms with E-state index >= 15 is 0 Å². The normalized spacial score (nSPS) is 11.5. The third-order valence-corrected chi connectivity index (χ3v) is 1.82. The van der Waals surface area contributed by atoms with Crippen molar-refractivity contribution >= 4 is 32.6 Å². The van der Waals surface area contributed by atoms with Gasteiger partial charge < -0.3 is 0 Å². The van der Waals surface area contributed by atoms with E-state index in [0.29, 0.717) is 0 Å². The molecule has 0 aromatic heterocycles. The molecule has 0 bridgehead atoms. The lowest BCUT2D eigenvalue weighted by Crippen LogP contribution is -1.74. The fraction of sp³-hybridized carbons (Fsp3) is 0. The summed E-state index contributed by atoms with van der Waals surface area (Å²) < 4.78 is 0. The fourth-order valence-electron chi connectivity index (χ4n) is 0.911. The van der Waals surface area contributed by atoms with Gasteiger partial charge in [-0.05, 0) is 11.1 Å². The minimum atomic E-state index is 1.19. The molecule has 0 N–H and O–H groups in total. The highest BCUT2D eigenvalue weighted by atomic mass is 28.1. The van der Waals surface area contributed by atoms with E-state index in [-0.39, 0.29) is 0 Å². The molecule has 0 atom stereocenters. The standard InChI is InChI=1S/C10H8Si2/c11-7-5-9-1-2-10(4-3-9)6-8-12/h1-8H. The molecule has 2 heteroatoms. The Balaban J connectivity index is 2.85. The van der Waals surface area contributed by atoms with E-state index in [2.05, 4.69) is 44.8 Å². The Morgan fingerprint density at radius 2 is 1.08 bits per heavy atom. The minimum absolute atomic E-state index is 1.19. The monoisotopic (exact) mass is 184 g/mol. The van der Waals surface area contributed by atoms with Gasteiger partial charge in [-0.1, -0.05) is 36.4 Å². The Bertz CT molecular complexity index is 252. The molecule has 0 saturated heterocycles. The van der Waals surface area contributed by atoms with Crippen LogP contribution in [0.1, 0.15) is 11.1 Å². The van der Waals surface area contributed by atoms with Crippen LogP contribution in [0.25, 0.3) is 12.2 Å². The first-order valence-corrected chi connectivity index (χ1v) is 4.80. The molecule has 0 nitrogen and oxygen atoms in total. The molecule has 12 heavy (non-hydrogen) atoms. The van der Waals surface area contributed by atoms with Crippen molar-refractivity contribution in [3.8, 4) is 0 Å². The van der Waals surface area contributed by atoms with Gasteiger partial charge in [0.05, 0.1) is 20.5 Å². The van der Waals surface area contributed by atoms with Gasteiger partial charge in [0.2, 0.25) is 0 Å². The Kier molecular flexibility index (Phi) is 3.77. The van der Waals surface area contributed by atoms with Crippen molar-refractivity contribution in [2.75, 3.05) is 0 Å². The first-order valence-electron chi connectivity index (χ1n) is 3.64. The van der Waals surface area contributed by atoms with Gasteiger partial charge in [0.15, 0.2) is 0 Å². The lowest BCUT2D eigenvalue weighted by atomic mass is 10.1. The van der Waals surface area contributed by atoms with Crippen molar-refractivity contribution in [1.82, 2.24) is 0 Å². The van der Waals surface area contributed by atoms with E-state index in [9.17, 15) is 0 Å². The summed E-state index contributed by atoms with van der Waals surface area (Å²) in [7, 11) is 6.56. The molecule has 1 aromatic carbocycles. The van der Waals surface area contributed by atoms with Gasteiger partial charge >= 0.3 is 0 Å². The predicted molar refractivity (Wildman–Crippen MR) is 56.0 cm³/mol. The van der Waals surface area contributed by atoms with Crippen LogP contribution in [0.15, 0.2) is 35.7 Å². The quantitative estimate of drug-likeness (QED) is 0.616. The van der Waals surface area contributed by atoms with Crippen LogP contribution in [0.2, 0.25) is 0 Å². The van der Waals surface area contributed by atoms with Crippen molar-refractivity contribution in [1.29, 1.82) is 0 Å². The van der Waals surface area contributed by atoms with E-state index in [1.807, 2.05) is 23.6 Å². The van der Waals surface area contributed by atoms with E-state index in [1.54, 1.807) is 0 Å². The fourth-order valence-corrected chi connectivity index (χ4v) is 1.30. The summed E-state index contributed by atoms with van der Waals surface area (Å²) in [6.45, 7) is 0. The molecule has 0 saturated carbocycles. The molecule has 6 radical (unpaired) electrons. The summed E-state index contributed by atoms with van der Waals surface area (Å²) >= 11 is 0. The van der Waals surface area contributed by atoms with E-state index in [1.165, 1.54) is 11.1 Å². The number of hydrogen-bond donors (Lipinski definition) is 0. The molecule has 0 aliphatic heterocycles. The van der Waals surface area contributed by atoms with Crippen LogP contribution in [0.4, 0.5) is 0 Å². The highest BCUT2D eigenvalue weighted by Gasteiger charge is 1.85. The van der Waals surface area contributed by atoms with Crippen LogP contribution in [0.3, 0.4) is 0 Å². The molecular weight excluding hydrogens is 176 g/mol. The van der Waals surface area contributed by atoms with Crippen molar-refractivity contribution in [2.24, 2.45) is 0 Å². The minimum Gasteiger partial charge on any atom is -0.101 e. The number of rotatable bonds is 2. The van der Waals surface area contributed by atoms with E-state index < -0.39 is 0 Å². The van der Waals surface area contributed by atoms with Gasteiger partial charge in [-0.25, -0.2) is 0 Å². The maximum atomic E-state index is 3.28. The van der Waals surface area contributed by atoms with Gasteiger partial charge in [-0.3, -0.25) is 0 Å². The molecule has 0 spiro atoms. The average Bonchev–Trinajstić information content (AvgIpc) is 2.09. The number of benzene rings is 1. The molecule has 0 amide bonds. The van der Waals surface area contributed by atoms with Gasteiger partial charge in [0, 0.05) is 0 Å². The summed E-state index contributed by atoms with van der Waals surface area (Å²) in [6.07, 6.45) is 4.00. The predicted octanol–water partition coefficient (Wildman–Crippen LogP) is 1.96. The zero-order valence-electron chi connectivity index (χ0n) is 6.62. The van der Waals surface area contributed by atoms with Crippen LogP contribution >= 0.6 is 0 Å². The third-order valence-electron chi connectivity index (χ3n) is 1.49. The first kappa shape index (κ1) is 9.22. The Hall–Kier alpha value is -0.866. The summed E-state index contributed by atoms with van der Waals surface area (Å²) in [5, 5.41) is 0. The Labute approximate surface area is 79.9 Å². The van der Waals surface area contributed by atoms with Crippen LogP contribution in [-0.2, 0) is 0 Å². The Morgan fingerprint density at radius 3 is 1.33 bits per heavy atom. The van der Waals surface area contributed by atoms with Crippen LogP contribution in [0, 0.1) is 0 Å². The first-order chi connectivity index (χ1) is 5.86. The summed E-state index contributed by atoms with van der Waals surface area (Å²) in [5.41, 5.74) is 6.07. The van der Waals surface area contributed by atoms with Gasteiger partial charge in [0.25, 0.3) is 0 Å². The molecule has 56 valence electrons. The lowest BCUT2D eigenvalue weighted by Gasteiger charge is -1.94. The van der Waals surface area contributed by atoms with Crippen molar-refractivity contribution in [3.63, 3.8) is 0 Å². The molecule has 0 heterocycles. The highest BCUT2D eigenvalue weighted by Crippen LogP contribution is 2.06. The second-order valence-corrected chi connectivity index (χ2v) is 3.00. The van der Waals surface area contributed by atoms with Crippen molar-refractivity contribution in [2.45, 2.75) is 0 Å². The topological polar surface area (TPSA) is 0 Å². The van der Waals surface area contributed by atoms with Crippen LogP contribution in [-0.4, -0.2) is 20.5 Å². The summed E-state index contributed by atoms with van der Waals surface area (Å²) in [5.74, 6) is 0. The lowest BCUT2D eigenvalue weighted by molar-refractivity contribution is 1.62. The molecule has 1 aromatic rings. The van der Waals surface area contributed by atoms with Crippen molar-refractivity contribution < 1.29 is 0 Å².